The van der Waals surface area contributed by atoms with Crippen molar-refractivity contribution in [1.82, 2.24) is 5.32 Å². The molecule has 0 spiro atoms. The second-order valence-corrected chi connectivity index (χ2v) is 4.90. The zero-order valence-corrected chi connectivity index (χ0v) is 11.5. The molecule has 1 rings (SSSR count). The number of carboxylic acid groups (broad SMARTS) is 1. The van der Waals surface area contributed by atoms with Crippen molar-refractivity contribution in [3.8, 4) is 0 Å². The van der Waals surface area contributed by atoms with Crippen molar-refractivity contribution in [3.05, 3.63) is 46.0 Å². The number of aliphatic carboxylic acids is 1. The van der Waals surface area contributed by atoms with Crippen LogP contribution in [-0.2, 0) is 4.79 Å². The summed E-state index contributed by atoms with van der Waals surface area (Å²) in [5.74, 6) is -0.903. The lowest BCUT2D eigenvalue weighted by molar-refractivity contribution is -0.131. The molecule has 0 saturated carbocycles. The van der Waals surface area contributed by atoms with E-state index >= 15 is 0 Å². The predicted molar refractivity (Wildman–Crippen MR) is 72.0 cm³/mol. The van der Waals surface area contributed by atoms with Gasteiger partial charge in [-0.15, -0.1) is 0 Å². The lowest BCUT2D eigenvalue weighted by Crippen LogP contribution is -2.20. The van der Waals surface area contributed by atoms with Gasteiger partial charge >= 0.3 is 5.97 Å². The summed E-state index contributed by atoms with van der Waals surface area (Å²) in [6, 6.07) is 8.24. The van der Waals surface area contributed by atoms with Gasteiger partial charge in [0.15, 0.2) is 0 Å². The Morgan fingerprint density at radius 2 is 2.29 bits per heavy atom. The molecule has 0 heterocycles. The number of rotatable bonds is 5. The highest BCUT2D eigenvalue weighted by atomic mass is 79.9. The molecule has 0 fully saturated rings. The van der Waals surface area contributed by atoms with Gasteiger partial charge in [-0.3, -0.25) is 0 Å². The summed E-state index contributed by atoms with van der Waals surface area (Å²) in [5, 5.41) is 11.9. The van der Waals surface area contributed by atoms with E-state index in [1.165, 1.54) is 11.6 Å². The van der Waals surface area contributed by atoms with Crippen LogP contribution in [0.3, 0.4) is 0 Å². The van der Waals surface area contributed by atoms with Gasteiger partial charge in [0, 0.05) is 23.1 Å². The third-order valence-electron chi connectivity index (χ3n) is 2.41. The monoisotopic (exact) mass is 297 g/mol. The zero-order valence-electron chi connectivity index (χ0n) is 9.90. The molecule has 3 nitrogen and oxygen atoms in total. The Morgan fingerprint density at radius 3 is 2.88 bits per heavy atom. The van der Waals surface area contributed by atoms with E-state index in [4.69, 9.17) is 5.11 Å². The largest absolute Gasteiger partial charge is 0.478 e. The molecule has 92 valence electrons. The average Bonchev–Trinajstić information content (AvgIpc) is 2.25. The Labute approximate surface area is 110 Å². The maximum atomic E-state index is 10.5. The van der Waals surface area contributed by atoms with Gasteiger partial charge in [0.1, 0.15) is 0 Å². The van der Waals surface area contributed by atoms with Crippen LogP contribution in [0.25, 0.3) is 0 Å². The number of hydrogen-bond acceptors (Lipinski definition) is 2. The topological polar surface area (TPSA) is 49.3 Å². The summed E-state index contributed by atoms with van der Waals surface area (Å²) < 4.78 is 1.04. The van der Waals surface area contributed by atoms with Crippen molar-refractivity contribution >= 4 is 21.9 Å². The van der Waals surface area contributed by atoms with Crippen LogP contribution < -0.4 is 5.32 Å². The average molecular weight is 298 g/mol. The third kappa shape index (κ3) is 5.15. The minimum Gasteiger partial charge on any atom is -0.478 e. The molecule has 1 aromatic rings. The highest BCUT2D eigenvalue weighted by molar-refractivity contribution is 9.10. The molecule has 0 aromatic heterocycles. The van der Waals surface area contributed by atoms with E-state index in [2.05, 4.69) is 28.2 Å². The molecular weight excluding hydrogens is 282 g/mol. The van der Waals surface area contributed by atoms with Crippen molar-refractivity contribution in [3.63, 3.8) is 0 Å². The standard InChI is InChI=1S/C13H16BrNO2/c1-9(6-13(16)17)8-15-10(2)11-4-3-5-12(14)7-11/h3-7,10,15H,8H2,1-2H3,(H,16,17)/b9-6+/t10-/m0/s1. The Kier molecular flexibility index (Phi) is 5.38. The Hall–Kier alpha value is -1.13. The van der Waals surface area contributed by atoms with Crippen LogP contribution in [-0.4, -0.2) is 17.6 Å². The van der Waals surface area contributed by atoms with Crippen molar-refractivity contribution in [2.75, 3.05) is 6.54 Å². The van der Waals surface area contributed by atoms with E-state index in [0.717, 1.165) is 10.0 Å². The quantitative estimate of drug-likeness (QED) is 0.821. The normalized spacial score (nSPS) is 13.5. The second-order valence-electron chi connectivity index (χ2n) is 3.99. The molecule has 0 saturated heterocycles. The summed E-state index contributed by atoms with van der Waals surface area (Å²) in [6.07, 6.45) is 1.22. The number of halogens is 1. The molecule has 1 aromatic carbocycles. The fraction of sp³-hybridized carbons (Fsp3) is 0.308. The molecule has 0 aliphatic rings. The first-order chi connectivity index (χ1) is 7.99. The summed E-state index contributed by atoms with van der Waals surface area (Å²) in [4.78, 5) is 10.5. The van der Waals surface area contributed by atoms with Crippen molar-refractivity contribution in [1.29, 1.82) is 0 Å². The molecule has 0 aliphatic heterocycles. The number of benzene rings is 1. The fourth-order valence-corrected chi connectivity index (χ4v) is 1.89. The highest BCUT2D eigenvalue weighted by Gasteiger charge is 2.05. The first-order valence-corrected chi connectivity index (χ1v) is 6.17. The Morgan fingerprint density at radius 1 is 1.59 bits per heavy atom. The maximum absolute atomic E-state index is 10.5. The van der Waals surface area contributed by atoms with Crippen LogP contribution in [0.2, 0.25) is 0 Å². The van der Waals surface area contributed by atoms with Gasteiger partial charge in [0.05, 0.1) is 0 Å². The van der Waals surface area contributed by atoms with Crippen LogP contribution in [0.15, 0.2) is 40.4 Å². The molecule has 0 radical (unpaired) electrons. The maximum Gasteiger partial charge on any atom is 0.328 e. The first-order valence-electron chi connectivity index (χ1n) is 5.38. The Bertz CT molecular complexity index is 429. The van der Waals surface area contributed by atoms with Crippen LogP contribution in [0.4, 0.5) is 0 Å². The van der Waals surface area contributed by atoms with Crippen LogP contribution in [0.1, 0.15) is 25.5 Å². The van der Waals surface area contributed by atoms with E-state index in [9.17, 15) is 4.79 Å². The van der Waals surface area contributed by atoms with E-state index in [0.29, 0.717) is 6.54 Å². The molecule has 0 unspecified atom stereocenters. The number of carbonyl (C=O) groups is 1. The van der Waals surface area contributed by atoms with Gasteiger partial charge in [-0.05, 0) is 31.5 Å². The molecule has 17 heavy (non-hydrogen) atoms. The fourth-order valence-electron chi connectivity index (χ4n) is 1.47. The summed E-state index contributed by atoms with van der Waals surface area (Å²) >= 11 is 3.43. The van der Waals surface area contributed by atoms with Crippen LogP contribution >= 0.6 is 15.9 Å². The highest BCUT2D eigenvalue weighted by Crippen LogP contribution is 2.17. The minimum absolute atomic E-state index is 0.185. The van der Waals surface area contributed by atoms with Gasteiger partial charge in [0.2, 0.25) is 0 Å². The van der Waals surface area contributed by atoms with Gasteiger partial charge in [-0.25, -0.2) is 4.79 Å². The van der Waals surface area contributed by atoms with Gasteiger partial charge < -0.3 is 10.4 Å². The second kappa shape index (κ2) is 6.57. The van der Waals surface area contributed by atoms with E-state index < -0.39 is 5.97 Å². The number of hydrogen-bond donors (Lipinski definition) is 2. The molecular formula is C13H16BrNO2. The molecule has 0 amide bonds. The molecule has 2 N–H and O–H groups in total. The van der Waals surface area contributed by atoms with E-state index in [-0.39, 0.29) is 6.04 Å². The molecule has 1 atom stereocenters. The number of nitrogens with one attached hydrogen (secondary N) is 1. The van der Waals surface area contributed by atoms with Gasteiger partial charge in [0.25, 0.3) is 0 Å². The van der Waals surface area contributed by atoms with E-state index in [1.807, 2.05) is 24.3 Å². The summed E-state index contributed by atoms with van der Waals surface area (Å²) in [6.45, 7) is 4.42. The van der Waals surface area contributed by atoms with Crippen LogP contribution in [0.5, 0.6) is 0 Å². The van der Waals surface area contributed by atoms with Gasteiger partial charge in [-0.2, -0.15) is 0 Å². The summed E-state index contributed by atoms with van der Waals surface area (Å²) in [7, 11) is 0. The van der Waals surface area contributed by atoms with Crippen LogP contribution in [0, 0.1) is 0 Å². The molecule has 0 bridgehead atoms. The summed E-state index contributed by atoms with van der Waals surface area (Å²) in [5.41, 5.74) is 1.97. The van der Waals surface area contributed by atoms with E-state index in [1.54, 1.807) is 6.92 Å². The first kappa shape index (κ1) is 13.9. The lowest BCUT2D eigenvalue weighted by atomic mass is 10.1. The SMILES string of the molecule is C/C(=C\C(=O)O)CN[C@@H](C)c1cccc(Br)c1. The number of carboxylic acids is 1. The van der Waals surface area contributed by atoms with Gasteiger partial charge in [-0.1, -0.05) is 33.6 Å². The lowest BCUT2D eigenvalue weighted by Gasteiger charge is -2.14. The molecule has 0 aliphatic carbocycles. The van der Waals surface area contributed by atoms with Crippen molar-refractivity contribution < 1.29 is 9.90 Å². The van der Waals surface area contributed by atoms with Crippen molar-refractivity contribution in [2.24, 2.45) is 0 Å². The van der Waals surface area contributed by atoms with Crippen molar-refractivity contribution in [2.45, 2.75) is 19.9 Å². The Balaban J connectivity index is 2.56. The smallest absolute Gasteiger partial charge is 0.328 e. The molecule has 4 heteroatoms. The zero-order chi connectivity index (χ0) is 12.8. The minimum atomic E-state index is -0.903. The third-order valence-corrected chi connectivity index (χ3v) is 2.90. The predicted octanol–water partition coefficient (Wildman–Crippen LogP) is 3.13.